The highest BCUT2D eigenvalue weighted by Gasteiger charge is 2.06. The van der Waals surface area contributed by atoms with Crippen LogP contribution in [0.25, 0.3) is 10.4 Å². The van der Waals surface area contributed by atoms with Crippen LogP contribution in [0.2, 0.25) is 0 Å². The molecule has 566 valence electrons. The molecule has 0 heterocycles. The van der Waals surface area contributed by atoms with Crippen molar-refractivity contribution in [3.05, 3.63) is 132 Å². The van der Waals surface area contributed by atoms with Gasteiger partial charge in [0.2, 0.25) is 11.8 Å². The Morgan fingerprint density at radius 2 is 0.786 bits per heavy atom. The van der Waals surface area contributed by atoms with E-state index in [1.54, 1.807) is 6.08 Å². The zero-order valence-electron chi connectivity index (χ0n) is 64.2. The minimum Gasteiger partial charge on any atom is -0.469 e. The lowest BCUT2D eigenvalue weighted by Crippen LogP contribution is -2.23. The number of aliphatic hydroxyl groups is 1. The Labute approximate surface area is 600 Å². The quantitative estimate of drug-likeness (QED) is 0.00848. The zero-order valence-corrected chi connectivity index (χ0v) is 65.0. The smallest absolute Gasteiger partial charge is 0.305 e. The first-order chi connectivity index (χ1) is 47.3. The van der Waals surface area contributed by atoms with E-state index < -0.39 is 10.1 Å². The summed E-state index contributed by atoms with van der Waals surface area (Å²) in [6, 6.07) is 0. The molecule has 0 aromatic carbocycles. The number of nitrogens with two attached hydrogens (primary N) is 1. The second-order valence-corrected chi connectivity index (χ2v) is 26.9. The van der Waals surface area contributed by atoms with E-state index in [0.29, 0.717) is 75.4 Å². The summed E-state index contributed by atoms with van der Waals surface area (Å²) >= 11 is 0. The average Bonchev–Trinajstić information content (AvgIpc) is 3.56. The van der Waals surface area contributed by atoms with Gasteiger partial charge in [0.05, 0.1) is 33.2 Å². The Balaban J connectivity index is -0.000000374. The Hall–Kier alpha value is -5.58. The normalized spacial score (nSPS) is 13.3. The number of ether oxygens (including phenoxy) is 2. The monoisotopic (exact) mass is 1400 g/mol. The van der Waals surface area contributed by atoms with Crippen LogP contribution in [0.15, 0.2) is 127 Å². The van der Waals surface area contributed by atoms with Crippen molar-refractivity contribution in [3.8, 4) is 0 Å². The number of aliphatic hydroxyl groups excluding tert-OH is 1. The molecule has 0 aromatic rings. The first-order valence-electron chi connectivity index (χ1n) is 37.8. The van der Waals surface area contributed by atoms with Gasteiger partial charge in [0.1, 0.15) is 0 Å². The van der Waals surface area contributed by atoms with Gasteiger partial charge < -0.3 is 30.9 Å². The van der Waals surface area contributed by atoms with Crippen LogP contribution in [0.5, 0.6) is 0 Å². The van der Waals surface area contributed by atoms with Crippen molar-refractivity contribution in [3.63, 3.8) is 0 Å². The molecule has 1 unspecified atom stereocenters. The van der Waals surface area contributed by atoms with Gasteiger partial charge in [-0.05, 0) is 126 Å². The minimum absolute atomic E-state index is 0.0494. The maximum atomic E-state index is 11.7. The summed E-state index contributed by atoms with van der Waals surface area (Å²) in [6.07, 6.45) is 77.7. The van der Waals surface area contributed by atoms with Gasteiger partial charge in [0.15, 0.2) is 0 Å². The van der Waals surface area contributed by atoms with E-state index in [4.69, 9.17) is 11.3 Å². The first-order valence-corrected chi connectivity index (χ1v) is 39.7. The summed E-state index contributed by atoms with van der Waals surface area (Å²) in [4.78, 5) is 47.9. The molecule has 5 atom stereocenters. The van der Waals surface area contributed by atoms with E-state index in [1.165, 1.54) is 117 Å². The predicted octanol–water partition coefficient (Wildman–Crippen LogP) is 21.0. The van der Waals surface area contributed by atoms with E-state index in [1.807, 2.05) is 48.6 Å². The predicted molar refractivity (Wildman–Crippen MR) is 418 cm³/mol. The summed E-state index contributed by atoms with van der Waals surface area (Å²) in [5.74, 6) is 2.38. The number of hydrogen-bond acceptors (Lipinski definition) is 12. The van der Waals surface area contributed by atoms with Crippen LogP contribution in [0.1, 0.15) is 287 Å². The Morgan fingerprint density at radius 1 is 0.459 bits per heavy atom. The fourth-order valence-corrected chi connectivity index (χ4v) is 9.41. The molecule has 17 heteroatoms. The van der Waals surface area contributed by atoms with Crippen LogP contribution in [-0.4, -0.2) is 96.6 Å². The van der Waals surface area contributed by atoms with Crippen LogP contribution in [0, 0.1) is 23.7 Å². The van der Waals surface area contributed by atoms with Gasteiger partial charge in [0, 0.05) is 50.2 Å². The molecule has 0 fully saturated rings. The van der Waals surface area contributed by atoms with E-state index in [2.05, 4.69) is 163 Å². The maximum absolute atomic E-state index is 11.7. The molecule has 0 saturated carbocycles. The molecule has 5 N–H and O–H groups in total. The zero-order chi connectivity index (χ0) is 74.1. The lowest BCUT2D eigenvalue weighted by Gasteiger charge is -2.04. The number of methoxy groups -OCH3 is 2. The van der Waals surface area contributed by atoms with Crippen LogP contribution >= 0.6 is 0 Å². The third-order valence-corrected chi connectivity index (χ3v) is 15.7. The highest BCUT2D eigenvalue weighted by atomic mass is 32.2. The van der Waals surface area contributed by atoms with Crippen LogP contribution in [0.4, 0.5) is 0 Å². The number of amides is 2. The van der Waals surface area contributed by atoms with Crippen LogP contribution in [-0.2, 0) is 43.0 Å². The molecule has 0 aromatic heterocycles. The summed E-state index contributed by atoms with van der Waals surface area (Å²) in [7, 11) is -0.513. The van der Waals surface area contributed by atoms with E-state index >= 15 is 0 Å². The third kappa shape index (κ3) is 96.8. The number of carbonyl (C=O) groups is 4. The largest absolute Gasteiger partial charge is 0.469 e. The van der Waals surface area contributed by atoms with Crippen molar-refractivity contribution in [1.29, 1.82) is 0 Å². The first kappa shape index (κ1) is 101. The minimum atomic E-state index is -3.30. The number of unbranched alkanes of at least 4 members (excludes halogenated alkanes) is 14. The number of rotatable bonds is 57. The number of nitrogens with one attached hydrogen (secondary N) is 2. The summed E-state index contributed by atoms with van der Waals surface area (Å²) in [5.41, 5.74) is 13.4. The highest BCUT2D eigenvalue weighted by Crippen LogP contribution is 2.14. The van der Waals surface area contributed by atoms with Crippen molar-refractivity contribution < 1.29 is 46.4 Å². The van der Waals surface area contributed by atoms with Gasteiger partial charge in [-0.3, -0.25) is 23.4 Å². The number of allylic oxidation sites excluding steroid dienone is 14. The molecule has 98 heavy (non-hydrogen) atoms. The van der Waals surface area contributed by atoms with Crippen molar-refractivity contribution in [2.24, 2.45) is 34.5 Å². The molecule has 0 bridgehead atoms. The molecule has 2 amide bonds. The van der Waals surface area contributed by atoms with Gasteiger partial charge in [0.25, 0.3) is 10.1 Å². The topological polar surface area (TPSA) is 249 Å². The van der Waals surface area contributed by atoms with Crippen LogP contribution in [0.3, 0.4) is 0 Å². The number of azide groups is 1. The fraction of sp³-hybridized carbons (Fsp3) is 0.704. The van der Waals surface area contributed by atoms with E-state index in [9.17, 15) is 32.7 Å². The highest BCUT2D eigenvalue weighted by molar-refractivity contribution is 7.85. The number of hydrogen-bond donors (Lipinski definition) is 4. The van der Waals surface area contributed by atoms with Gasteiger partial charge in [-0.25, -0.2) is 0 Å². The van der Waals surface area contributed by atoms with Gasteiger partial charge in [-0.1, -0.05) is 298 Å². The van der Waals surface area contributed by atoms with Crippen LogP contribution < -0.4 is 16.4 Å². The Kier molecular flexibility index (Phi) is 86.5. The average molecular weight is 1400 g/mol. The molecule has 0 aliphatic heterocycles. The van der Waals surface area contributed by atoms with Crippen molar-refractivity contribution in [2.75, 3.05) is 53.3 Å². The standard InChI is InChI=1S/C21H37NO3.C20H35NO4.C14H26O3S.C13H23N3.C13H25N/c1-4-5-9-14-19(2)15-10-6-7-13-18-22-20(23)16-11-8-12-17-21(24)25-3;1-3-4-8-13-18(22)14-9-5-6-12-17-21-19(23)15-10-7-11-16-20(24)25-2;1-4-5-8-11-14(2)12-9-6-7-10-13-17-18(3,15)16;1-3-4-7-10-13(2)11-8-5-6-9-12-15-16-14;1-3-4-7-10-13(2)11-8-5-6-9-12-14/h6-7,10,15,19H,4-5,8-9,11-14,16-18H2,1-3H3,(H,22,23);5-6,9,14,18,22H,3-4,7-8,10-13,15-17H2,1-2H3,(H,21,23);6-7,9,12,14H,4-5,8,10-11,13H2,1-3H3;5-6,8,11,13H,3-4,7,9-10,12H2,1-2H3;5-6,8,11,13H,3-4,7,9-10,12,14H2,1-2H3/b7-6-,15-10+;6-5-,14-9+;7-6-,12-9+;2*6-5-,11-8+/t19-;;14-;2*13-/m0.000/s1. The Bertz CT molecular complexity index is 2210. The van der Waals surface area contributed by atoms with Gasteiger partial charge in [-0.2, -0.15) is 8.42 Å². The molecular formula is C81H146N6O10S. The second kappa shape index (κ2) is 83.8. The SMILES string of the molecule is CCCCCC(O)/C=C/C=C\CCNC(=O)CCCCCC(=O)OC.CCCCC[C@H](C)/C=C/C=C\CCN.CCCCC[C@H](C)/C=C/C=C\CCN=[N+]=[N-].CCCCC[C@H](C)/C=C/C=C\CCNC(=O)CCCCCC(=O)OC.CCCCC[C@H](C)/C=C/C=C\CCOS(C)(=O)=O. The molecule has 0 radical (unpaired) electrons. The van der Waals surface area contributed by atoms with Gasteiger partial charge in [-0.15, -0.1) is 0 Å². The molecule has 0 rings (SSSR count). The summed E-state index contributed by atoms with van der Waals surface area (Å²) in [6.45, 7) is 22.9. The van der Waals surface area contributed by atoms with Gasteiger partial charge >= 0.3 is 11.9 Å². The number of carbonyl (C=O) groups excluding carboxylic acids is 4. The molecule has 0 aliphatic rings. The summed E-state index contributed by atoms with van der Waals surface area (Å²) < 4.78 is 35.1. The van der Waals surface area contributed by atoms with E-state index in [-0.39, 0.29) is 36.5 Å². The molecule has 0 aliphatic carbocycles. The maximum Gasteiger partial charge on any atom is 0.305 e. The lowest BCUT2D eigenvalue weighted by molar-refractivity contribution is -0.141. The van der Waals surface area contributed by atoms with Crippen molar-refractivity contribution >= 4 is 33.9 Å². The lowest BCUT2D eigenvalue weighted by atomic mass is 10.0. The molecular weight excluding hydrogens is 1250 g/mol. The fourth-order valence-electron chi connectivity index (χ4n) is 9.01. The third-order valence-electron chi connectivity index (χ3n) is 15.1. The molecule has 16 nitrogen and oxygen atoms in total. The molecule has 0 spiro atoms. The molecule has 0 saturated heterocycles. The Morgan fingerprint density at radius 3 is 1.12 bits per heavy atom. The van der Waals surface area contributed by atoms with Crippen molar-refractivity contribution in [2.45, 2.75) is 293 Å². The van der Waals surface area contributed by atoms with Crippen molar-refractivity contribution in [1.82, 2.24) is 10.6 Å². The van der Waals surface area contributed by atoms with E-state index in [0.717, 1.165) is 103 Å². The number of nitrogens with zero attached hydrogens (tertiary/aromatic N) is 3. The summed E-state index contributed by atoms with van der Waals surface area (Å²) in [5, 5.41) is 19.0. The second-order valence-electron chi connectivity index (χ2n) is 25.2. The number of esters is 2.